The third-order valence-electron chi connectivity index (χ3n) is 2.47. The van der Waals surface area contributed by atoms with Gasteiger partial charge in [-0.2, -0.15) is 0 Å². The van der Waals surface area contributed by atoms with Crippen LogP contribution in [0.4, 0.5) is 5.82 Å². The molecule has 2 aromatic rings. The van der Waals surface area contributed by atoms with Crippen molar-refractivity contribution in [1.29, 1.82) is 0 Å². The van der Waals surface area contributed by atoms with Crippen molar-refractivity contribution in [2.45, 2.75) is 12.6 Å². The van der Waals surface area contributed by atoms with Gasteiger partial charge < -0.3 is 24.8 Å². The highest BCUT2D eigenvalue weighted by molar-refractivity contribution is 7.44. The highest BCUT2D eigenvalue weighted by Crippen LogP contribution is 2.23. The zero-order chi connectivity index (χ0) is 13.8. The van der Waals surface area contributed by atoms with Crippen LogP contribution in [0.2, 0.25) is 0 Å². The molecule has 8 nitrogen and oxygen atoms in total. The maximum atomic E-state index is 8.84. The molecule has 2 aromatic heterocycles. The monoisotopic (exact) mass is 283 g/mol. The SMILES string of the molecule is C=C[C@H](Cn1cnc2c(N)ncnc21)OCP(O)O. The van der Waals surface area contributed by atoms with E-state index in [1.54, 1.807) is 17.0 Å². The molecule has 0 aliphatic rings. The quantitative estimate of drug-likeness (QED) is 0.513. The van der Waals surface area contributed by atoms with Crippen molar-refractivity contribution in [3.05, 3.63) is 25.3 Å². The lowest BCUT2D eigenvalue weighted by Crippen LogP contribution is -2.17. The highest BCUT2D eigenvalue weighted by Gasteiger charge is 2.13. The van der Waals surface area contributed by atoms with Gasteiger partial charge in [-0.05, 0) is 0 Å². The fraction of sp³-hybridized carbons (Fsp3) is 0.300. The third-order valence-corrected chi connectivity index (χ3v) is 2.85. The summed E-state index contributed by atoms with van der Waals surface area (Å²) in [7, 11) is -2.08. The first-order valence-corrected chi connectivity index (χ1v) is 6.86. The second-order valence-corrected chi connectivity index (χ2v) is 4.77. The standard InChI is InChI=1S/C10H14N5O3P/c1-2-7(18-6-19(16)17)3-15-5-14-8-9(11)12-4-13-10(8)15/h2,4-5,7,16-17H,1,3,6H2,(H2,11,12,13)/t7-/m1/s1. The predicted octanol–water partition coefficient (Wildman–Crippen LogP) is 0.234. The second kappa shape index (κ2) is 6.03. The Kier molecular flexibility index (Phi) is 4.39. The minimum absolute atomic E-state index is 0.129. The van der Waals surface area contributed by atoms with E-state index in [4.69, 9.17) is 20.3 Å². The van der Waals surface area contributed by atoms with E-state index in [-0.39, 0.29) is 12.5 Å². The van der Waals surface area contributed by atoms with Crippen molar-refractivity contribution in [1.82, 2.24) is 19.5 Å². The molecule has 0 fully saturated rings. The molecular formula is C10H14N5O3P. The molecule has 0 bridgehead atoms. The number of fused-ring (bicyclic) bond motifs is 1. The minimum atomic E-state index is -2.08. The van der Waals surface area contributed by atoms with Crippen LogP contribution in [-0.4, -0.2) is 41.8 Å². The number of nitrogen functional groups attached to an aromatic ring is 1. The van der Waals surface area contributed by atoms with E-state index in [2.05, 4.69) is 21.5 Å². The molecule has 2 heterocycles. The van der Waals surface area contributed by atoms with Gasteiger partial charge in [0.2, 0.25) is 0 Å². The Morgan fingerprint density at radius 1 is 1.47 bits per heavy atom. The largest absolute Gasteiger partial charge is 0.382 e. The van der Waals surface area contributed by atoms with Crippen LogP contribution < -0.4 is 5.73 Å². The Bertz CT molecular complexity index is 573. The molecule has 102 valence electrons. The Morgan fingerprint density at radius 2 is 2.26 bits per heavy atom. The average Bonchev–Trinajstić information content (AvgIpc) is 2.79. The maximum absolute atomic E-state index is 8.84. The number of hydrogen-bond donors (Lipinski definition) is 3. The fourth-order valence-corrected chi connectivity index (χ4v) is 1.91. The van der Waals surface area contributed by atoms with Crippen molar-refractivity contribution in [2.24, 2.45) is 0 Å². The summed E-state index contributed by atoms with van der Waals surface area (Å²) in [5.41, 5.74) is 6.81. The molecule has 0 unspecified atom stereocenters. The number of nitrogens with zero attached hydrogens (tertiary/aromatic N) is 4. The van der Waals surface area contributed by atoms with Gasteiger partial charge in [0.15, 0.2) is 19.8 Å². The number of anilines is 1. The molecule has 0 aromatic carbocycles. The molecule has 0 radical (unpaired) electrons. The lowest BCUT2D eigenvalue weighted by molar-refractivity contribution is 0.103. The van der Waals surface area contributed by atoms with Crippen LogP contribution in [0.25, 0.3) is 11.2 Å². The van der Waals surface area contributed by atoms with Gasteiger partial charge in [0.1, 0.15) is 18.2 Å². The van der Waals surface area contributed by atoms with Crippen LogP contribution >= 0.6 is 8.38 Å². The molecule has 19 heavy (non-hydrogen) atoms. The van der Waals surface area contributed by atoms with Crippen LogP contribution in [0, 0.1) is 0 Å². The van der Waals surface area contributed by atoms with E-state index in [0.29, 0.717) is 23.5 Å². The Labute approximate surface area is 110 Å². The van der Waals surface area contributed by atoms with Crippen LogP contribution in [-0.2, 0) is 11.3 Å². The molecule has 0 aliphatic carbocycles. The Hall–Kier alpha value is -1.60. The van der Waals surface area contributed by atoms with E-state index in [9.17, 15) is 0 Å². The summed E-state index contributed by atoms with van der Waals surface area (Å²) >= 11 is 0. The van der Waals surface area contributed by atoms with Gasteiger partial charge in [-0.15, -0.1) is 6.58 Å². The smallest absolute Gasteiger partial charge is 0.192 e. The van der Waals surface area contributed by atoms with Gasteiger partial charge >= 0.3 is 0 Å². The van der Waals surface area contributed by atoms with E-state index >= 15 is 0 Å². The lowest BCUT2D eigenvalue weighted by Gasteiger charge is -2.15. The molecule has 9 heteroatoms. The predicted molar refractivity (Wildman–Crippen MR) is 71.0 cm³/mol. The summed E-state index contributed by atoms with van der Waals surface area (Å²) in [6, 6.07) is 0. The average molecular weight is 283 g/mol. The van der Waals surface area contributed by atoms with Crippen molar-refractivity contribution in [3.63, 3.8) is 0 Å². The van der Waals surface area contributed by atoms with Gasteiger partial charge in [0, 0.05) is 0 Å². The molecule has 0 saturated carbocycles. The van der Waals surface area contributed by atoms with Gasteiger partial charge in [-0.1, -0.05) is 6.08 Å². The molecule has 0 aliphatic heterocycles. The summed E-state index contributed by atoms with van der Waals surface area (Å²) in [5.74, 6) is 0.314. The summed E-state index contributed by atoms with van der Waals surface area (Å²) in [4.78, 5) is 29.8. The molecule has 1 atom stereocenters. The van der Waals surface area contributed by atoms with Crippen molar-refractivity contribution in [2.75, 3.05) is 12.1 Å². The third kappa shape index (κ3) is 3.24. The number of nitrogens with two attached hydrogens (primary N) is 1. The number of rotatable bonds is 6. The number of imidazole rings is 1. The summed E-state index contributed by atoms with van der Waals surface area (Å²) in [6.07, 6.45) is 4.01. The maximum Gasteiger partial charge on any atom is 0.192 e. The van der Waals surface area contributed by atoms with E-state index in [0.717, 1.165) is 0 Å². The molecule has 2 rings (SSSR count). The van der Waals surface area contributed by atoms with Crippen LogP contribution in [0.3, 0.4) is 0 Å². The van der Waals surface area contributed by atoms with Crippen LogP contribution in [0.15, 0.2) is 25.3 Å². The highest BCUT2D eigenvalue weighted by atomic mass is 31.2. The van der Waals surface area contributed by atoms with Gasteiger partial charge in [-0.3, -0.25) is 0 Å². The normalized spacial score (nSPS) is 13.0. The zero-order valence-electron chi connectivity index (χ0n) is 10.0. The lowest BCUT2D eigenvalue weighted by atomic mass is 10.3. The first-order valence-electron chi connectivity index (χ1n) is 5.42. The molecule has 0 amide bonds. The summed E-state index contributed by atoms with van der Waals surface area (Å²) < 4.78 is 7.04. The number of ether oxygens (including phenoxy) is 1. The van der Waals surface area contributed by atoms with Crippen molar-refractivity contribution < 1.29 is 14.5 Å². The van der Waals surface area contributed by atoms with Gasteiger partial charge in [-0.25, -0.2) is 15.0 Å². The van der Waals surface area contributed by atoms with Crippen molar-refractivity contribution in [3.8, 4) is 0 Å². The Balaban J connectivity index is 2.16. The molecule has 0 spiro atoms. The molecule has 4 N–H and O–H groups in total. The molecule has 0 saturated heterocycles. The minimum Gasteiger partial charge on any atom is -0.382 e. The van der Waals surface area contributed by atoms with E-state index in [1.165, 1.54) is 6.33 Å². The topological polar surface area (TPSA) is 119 Å². The Morgan fingerprint density at radius 3 is 2.95 bits per heavy atom. The second-order valence-electron chi connectivity index (χ2n) is 3.77. The summed E-state index contributed by atoms with van der Waals surface area (Å²) in [6.45, 7) is 4.05. The van der Waals surface area contributed by atoms with Gasteiger partial charge in [0.25, 0.3) is 0 Å². The van der Waals surface area contributed by atoms with Crippen LogP contribution in [0.5, 0.6) is 0 Å². The summed E-state index contributed by atoms with van der Waals surface area (Å²) in [5, 5.41) is 0. The van der Waals surface area contributed by atoms with E-state index in [1.807, 2.05) is 0 Å². The van der Waals surface area contributed by atoms with E-state index < -0.39 is 8.38 Å². The number of aromatic nitrogens is 4. The fourth-order valence-electron chi connectivity index (χ4n) is 1.58. The first kappa shape index (κ1) is 13.8. The zero-order valence-corrected chi connectivity index (χ0v) is 10.9. The van der Waals surface area contributed by atoms with Crippen LogP contribution in [0.1, 0.15) is 0 Å². The van der Waals surface area contributed by atoms with Crippen molar-refractivity contribution >= 4 is 25.4 Å². The number of hydrogen-bond acceptors (Lipinski definition) is 7. The molecular weight excluding hydrogens is 269 g/mol. The van der Waals surface area contributed by atoms with Gasteiger partial charge in [0.05, 0.1) is 19.0 Å². The first-order chi connectivity index (χ1) is 9.11.